The summed E-state index contributed by atoms with van der Waals surface area (Å²) in [4.78, 5) is 7.05. The number of aryl methyl sites for hydroxylation is 1. The van der Waals surface area contributed by atoms with Crippen molar-refractivity contribution in [1.29, 1.82) is 0 Å². The largest absolute Gasteiger partial charge is 0.497 e. The predicted molar refractivity (Wildman–Crippen MR) is 314 cm³/mol. The second-order valence-corrected chi connectivity index (χ2v) is 18.0. The van der Waals surface area contributed by atoms with Crippen LogP contribution in [-0.2, 0) is 0 Å². The maximum Gasteiger partial charge on any atom is 0.118 e. The first kappa shape index (κ1) is 48.1. The number of anilines is 9. The smallest absolute Gasteiger partial charge is 0.118 e. The van der Waals surface area contributed by atoms with Gasteiger partial charge in [-0.05, 0) is 156 Å². The molecule has 360 valence electrons. The third kappa shape index (κ3) is 11.8. The summed E-state index contributed by atoms with van der Waals surface area (Å²) in [6, 6.07) is 90.0. The Labute approximate surface area is 436 Å². The Bertz CT molecular complexity index is 3300. The maximum atomic E-state index is 5.39. The van der Waals surface area contributed by atoms with Crippen molar-refractivity contribution in [3.63, 3.8) is 0 Å². The zero-order valence-corrected chi connectivity index (χ0v) is 41.9. The molecule has 0 N–H and O–H groups in total. The van der Waals surface area contributed by atoms with Crippen molar-refractivity contribution in [2.45, 2.75) is 6.92 Å². The minimum atomic E-state index is 0.838. The van der Waals surface area contributed by atoms with Crippen LogP contribution in [0.15, 0.2) is 255 Å². The van der Waals surface area contributed by atoms with Crippen molar-refractivity contribution < 1.29 is 9.47 Å². The number of methoxy groups -OCH3 is 2. The van der Waals surface area contributed by atoms with Crippen LogP contribution in [0.5, 0.6) is 11.5 Å². The van der Waals surface area contributed by atoms with Gasteiger partial charge in [0.15, 0.2) is 0 Å². The van der Waals surface area contributed by atoms with E-state index in [4.69, 9.17) is 9.47 Å². The molecule has 10 rings (SSSR count). The van der Waals surface area contributed by atoms with Crippen LogP contribution >= 0.6 is 0 Å². The van der Waals surface area contributed by atoms with Crippen LogP contribution in [-0.4, -0.2) is 14.2 Å². The van der Waals surface area contributed by atoms with E-state index in [1.165, 1.54) is 11.1 Å². The van der Waals surface area contributed by atoms with Gasteiger partial charge in [-0.15, -0.1) is 0 Å². The number of hydrogen-bond donors (Lipinski definition) is 0. The molecule has 5 nitrogen and oxygen atoms in total. The molecule has 0 bridgehead atoms. The van der Waals surface area contributed by atoms with Crippen molar-refractivity contribution in [1.82, 2.24) is 0 Å². The second-order valence-electron chi connectivity index (χ2n) is 18.0. The average Bonchev–Trinajstić information content (AvgIpc) is 3.46. The summed E-state index contributed by atoms with van der Waals surface area (Å²) in [6.07, 6.45) is 12.9. The quantitative estimate of drug-likeness (QED) is 0.0848. The minimum Gasteiger partial charge on any atom is -0.497 e. The molecule has 0 fully saturated rings. The van der Waals surface area contributed by atoms with Gasteiger partial charge < -0.3 is 24.2 Å². The fourth-order valence-electron chi connectivity index (χ4n) is 8.93. The molecule has 0 unspecified atom stereocenters. The lowest BCUT2D eigenvalue weighted by Crippen LogP contribution is -2.16. The number of benzene rings is 10. The average molecular weight is 960 g/mol. The van der Waals surface area contributed by atoms with Gasteiger partial charge in [0.1, 0.15) is 11.5 Å². The molecule has 0 radical (unpaired) electrons. The Balaban J connectivity index is 1.11. The fourth-order valence-corrected chi connectivity index (χ4v) is 8.93. The molecular formula is C69H57N3O2. The molecule has 0 aliphatic heterocycles. The van der Waals surface area contributed by atoms with Crippen LogP contribution in [0.25, 0.3) is 36.5 Å². The summed E-state index contributed by atoms with van der Waals surface area (Å²) >= 11 is 0. The SMILES string of the molecule is COc1ccc(/C=C/c2ccc(N(c3ccccc3)c3cc(N(c4ccccc4)c4ccc(/C=C/c5ccc(C)cc5)cc4)cc(N(c4ccccc4)c4ccc(/C=C/c5ccc(OC)cc5)cc4)c3)cc2)cc1. The van der Waals surface area contributed by atoms with Crippen LogP contribution in [0.3, 0.4) is 0 Å². The first-order valence-electron chi connectivity index (χ1n) is 24.9. The van der Waals surface area contributed by atoms with Crippen molar-refractivity contribution >= 4 is 87.6 Å². The highest BCUT2D eigenvalue weighted by Gasteiger charge is 2.22. The number of nitrogens with zero attached hydrogens (tertiary/aromatic N) is 3. The van der Waals surface area contributed by atoms with Crippen molar-refractivity contribution in [3.8, 4) is 11.5 Å². The Hall–Kier alpha value is -9.58. The van der Waals surface area contributed by atoms with Gasteiger partial charge >= 0.3 is 0 Å². The number of rotatable bonds is 17. The molecule has 5 heteroatoms. The maximum absolute atomic E-state index is 5.39. The van der Waals surface area contributed by atoms with Gasteiger partial charge in [-0.1, -0.05) is 182 Å². The minimum absolute atomic E-state index is 0.838. The van der Waals surface area contributed by atoms with Gasteiger partial charge in [0, 0.05) is 34.1 Å². The van der Waals surface area contributed by atoms with Gasteiger partial charge in [-0.2, -0.15) is 0 Å². The van der Waals surface area contributed by atoms with E-state index >= 15 is 0 Å². The fraction of sp³-hybridized carbons (Fsp3) is 0.0435. The molecule has 0 aliphatic carbocycles. The van der Waals surface area contributed by atoms with Crippen LogP contribution in [0.4, 0.5) is 51.2 Å². The van der Waals surface area contributed by atoms with Gasteiger partial charge in [-0.3, -0.25) is 0 Å². The van der Waals surface area contributed by atoms with Crippen LogP contribution in [0.1, 0.15) is 38.9 Å². The monoisotopic (exact) mass is 959 g/mol. The third-order valence-corrected chi connectivity index (χ3v) is 12.9. The van der Waals surface area contributed by atoms with E-state index in [-0.39, 0.29) is 0 Å². The Morgan fingerprint density at radius 2 is 0.459 bits per heavy atom. The molecule has 0 heterocycles. The molecule has 0 spiro atoms. The highest BCUT2D eigenvalue weighted by molar-refractivity contribution is 5.90. The van der Waals surface area contributed by atoms with E-state index < -0.39 is 0 Å². The van der Waals surface area contributed by atoms with Crippen molar-refractivity contribution in [2.75, 3.05) is 28.9 Å². The number of ether oxygens (including phenoxy) is 2. The Morgan fingerprint density at radius 1 is 0.243 bits per heavy atom. The van der Waals surface area contributed by atoms with Crippen LogP contribution in [0.2, 0.25) is 0 Å². The summed E-state index contributed by atoms with van der Waals surface area (Å²) in [5, 5.41) is 0. The van der Waals surface area contributed by atoms with Crippen molar-refractivity contribution in [2.24, 2.45) is 0 Å². The molecule has 0 aliphatic rings. The highest BCUT2D eigenvalue weighted by atomic mass is 16.5. The molecule has 0 amide bonds. The highest BCUT2D eigenvalue weighted by Crippen LogP contribution is 2.46. The van der Waals surface area contributed by atoms with E-state index in [1.54, 1.807) is 14.2 Å². The molecule has 0 saturated heterocycles. The van der Waals surface area contributed by atoms with E-state index in [2.05, 4.69) is 289 Å². The first-order valence-corrected chi connectivity index (χ1v) is 24.9. The summed E-state index contributed by atoms with van der Waals surface area (Å²) < 4.78 is 10.8. The molecule has 0 aromatic heterocycles. The second kappa shape index (κ2) is 23.1. The number of hydrogen-bond acceptors (Lipinski definition) is 5. The summed E-state index contributed by atoms with van der Waals surface area (Å²) in [6.45, 7) is 2.12. The lowest BCUT2D eigenvalue weighted by Gasteiger charge is -2.33. The zero-order chi connectivity index (χ0) is 50.5. The normalized spacial score (nSPS) is 11.3. The molecule has 0 atom stereocenters. The van der Waals surface area contributed by atoms with E-state index in [9.17, 15) is 0 Å². The summed E-state index contributed by atoms with van der Waals surface area (Å²) in [5.41, 5.74) is 17.1. The zero-order valence-electron chi connectivity index (χ0n) is 41.9. The van der Waals surface area contributed by atoms with Crippen LogP contribution < -0.4 is 24.2 Å². The van der Waals surface area contributed by atoms with Crippen molar-refractivity contribution in [3.05, 3.63) is 294 Å². The van der Waals surface area contributed by atoms with E-state index in [0.717, 1.165) is 90.5 Å². The standard InChI is InChI=1S/C69H57N3O2/c1-52-19-21-53(22-20-52)23-24-54-29-39-62(40-30-54)70(59-13-7-4-8-14-59)65-49-66(71(60-15-9-5-10-16-60)63-41-31-55(32-42-63)25-27-57-35-45-68(73-2)46-36-57)51-67(50-65)72(61-17-11-6-12-18-61)64-43-33-56(34-44-64)26-28-58-37-47-69(74-3)48-38-58/h4-51H,1-3H3/b24-23+,27-25+,28-26+. The van der Waals surface area contributed by atoms with E-state index in [1.807, 2.05) is 24.3 Å². The summed E-state index contributed by atoms with van der Waals surface area (Å²) in [5.74, 6) is 1.68. The van der Waals surface area contributed by atoms with E-state index in [0.29, 0.717) is 0 Å². The van der Waals surface area contributed by atoms with Gasteiger partial charge in [-0.25, -0.2) is 0 Å². The topological polar surface area (TPSA) is 28.2 Å². The molecule has 0 saturated carbocycles. The third-order valence-electron chi connectivity index (χ3n) is 12.9. The molecule has 10 aromatic carbocycles. The predicted octanol–water partition coefficient (Wildman–Crippen LogP) is 18.9. The summed E-state index contributed by atoms with van der Waals surface area (Å²) in [7, 11) is 3.38. The molecular weight excluding hydrogens is 903 g/mol. The Kier molecular flexibility index (Phi) is 15.0. The van der Waals surface area contributed by atoms with Crippen LogP contribution in [0, 0.1) is 6.92 Å². The molecule has 10 aromatic rings. The lowest BCUT2D eigenvalue weighted by molar-refractivity contribution is 0.414. The molecule has 74 heavy (non-hydrogen) atoms. The lowest BCUT2D eigenvalue weighted by atomic mass is 10.1. The first-order chi connectivity index (χ1) is 36.5. The number of para-hydroxylation sites is 3. The van der Waals surface area contributed by atoms with Gasteiger partial charge in [0.05, 0.1) is 31.3 Å². The Morgan fingerprint density at radius 3 is 0.703 bits per heavy atom. The van der Waals surface area contributed by atoms with Gasteiger partial charge in [0.25, 0.3) is 0 Å². The van der Waals surface area contributed by atoms with Gasteiger partial charge in [0.2, 0.25) is 0 Å².